The highest BCUT2D eigenvalue weighted by atomic mass is 32.1. The summed E-state index contributed by atoms with van der Waals surface area (Å²) in [5, 5.41) is 8.19. The molecule has 1 aliphatic rings. The van der Waals surface area contributed by atoms with Gasteiger partial charge in [0.2, 0.25) is 11.7 Å². The zero-order valence-electron chi connectivity index (χ0n) is 15.8. The summed E-state index contributed by atoms with van der Waals surface area (Å²) in [4.78, 5) is 9.41. The number of likely N-dealkylation sites (tertiary alicyclic amines) is 1. The number of hydrogen-bond donors (Lipinski definition) is 0. The van der Waals surface area contributed by atoms with Gasteiger partial charge in [-0.15, -0.1) is 0 Å². The lowest BCUT2D eigenvalue weighted by Gasteiger charge is -2.33. The van der Waals surface area contributed by atoms with E-state index in [9.17, 15) is 0 Å². The van der Waals surface area contributed by atoms with Crippen molar-refractivity contribution in [3.8, 4) is 11.4 Å². The molecule has 5 nitrogen and oxygen atoms in total. The van der Waals surface area contributed by atoms with Crippen LogP contribution in [0.25, 0.3) is 11.4 Å². The molecule has 0 N–H and O–H groups in total. The Morgan fingerprint density at radius 3 is 2.74 bits per heavy atom. The SMILES string of the molecule is CN(Cc1ccccc1)CC1CCN(Cc2nc(-c3ccsc3)no2)CC1. The lowest BCUT2D eigenvalue weighted by Crippen LogP contribution is -2.37. The topological polar surface area (TPSA) is 45.4 Å². The molecule has 0 unspecified atom stereocenters. The summed E-state index contributed by atoms with van der Waals surface area (Å²) in [6.45, 7) is 5.13. The minimum Gasteiger partial charge on any atom is -0.338 e. The molecule has 0 atom stereocenters. The number of nitrogens with zero attached hydrogens (tertiary/aromatic N) is 4. The van der Waals surface area contributed by atoms with E-state index in [2.05, 4.69) is 57.3 Å². The molecule has 0 saturated carbocycles. The molecule has 3 aromatic rings. The third-order valence-corrected chi connectivity index (χ3v) is 5.86. The largest absolute Gasteiger partial charge is 0.338 e. The van der Waals surface area contributed by atoms with Crippen LogP contribution in [0.5, 0.6) is 0 Å². The molecule has 4 rings (SSSR count). The second-order valence-electron chi connectivity index (χ2n) is 7.43. The van der Waals surface area contributed by atoms with E-state index in [0.717, 1.165) is 50.1 Å². The summed E-state index contributed by atoms with van der Waals surface area (Å²) in [5.74, 6) is 2.18. The monoisotopic (exact) mass is 382 g/mol. The minimum atomic E-state index is 0.698. The van der Waals surface area contributed by atoms with E-state index in [0.29, 0.717) is 5.82 Å². The molecule has 1 fully saturated rings. The standard InChI is InChI=1S/C21H26N4OS/c1-24(13-17-5-3-2-4-6-17)14-18-7-10-25(11-8-18)15-20-22-21(23-26-20)19-9-12-27-16-19/h2-6,9,12,16,18H,7-8,10-11,13-15H2,1H3. The Hall–Kier alpha value is -2.02. The lowest BCUT2D eigenvalue weighted by molar-refractivity contribution is 0.135. The van der Waals surface area contributed by atoms with E-state index < -0.39 is 0 Å². The van der Waals surface area contributed by atoms with Gasteiger partial charge in [0.15, 0.2) is 0 Å². The van der Waals surface area contributed by atoms with Crippen LogP contribution in [-0.2, 0) is 13.1 Å². The van der Waals surface area contributed by atoms with Crippen LogP contribution < -0.4 is 0 Å². The molecule has 0 bridgehead atoms. The van der Waals surface area contributed by atoms with E-state index in [1.54, 1.807) is 11.3 Å². The first-order valence-corrected chi connectivity index (χ1v) is 10.5. The summed E-state index contributed by atoms with van der Waals surface area (Å²) in [6.07, 6.45) is 2.45. The summed E-state index contributed by atoms with van der Waals surface area (Å²) >= 11 is 1.65. The molecule has 142 valence electrons. The van der Waals surface area contributed by atoms with Crippen molar-refractivity contribution in [2.75, 3.05) is 26.7 Å². The maximum Gasteiger partial charge on any atom is 0.241 e. The Kier molecular flexibility index (Phi) is 5.97. The number of benzene rings is 1. The van der Waals surface area contributed by atoms with Crippen LogP contribution in [0.1, 0.15) is 24.3 Å². The first-order valence-electron chi connectivity index (χ1n) is 9.56. The van der Waals surface area contributed by atoms with Crippen LogP contribution in [0, 0.1) is 5.92 Å². The van der Waals surface area contributed by atoms with E-state index in [1.165, 1.54) is 18.4 Å². The van der Waals surface area contributed by atoms with E-state index in [4.69, 9.17) is 4.52 Å². The van der Waals surface area contributed by atoms with Crippen LogP contribution in [0.2, 0.25) is 0 Å². The number of thiophene rings is 1. The first kappa shape index (κ1) is 18.3. The molecular formula is C21H26N4OS. The van der Waals surface area contributed by atoms with Crippen molar-refractivity contribution in [3.05, 3.63) is 58.6 Å². The third kappa shape index (κ3) is 5.03. The van der Waals surface area contributed by atoms with Gasteiger partial charge >= 0.3 is 0 Å². The number of hydrogen-bond acceptors (Lipinski definition) is 6. The third-order valence-electron chi connectivity index (χ3n) is 5.18. The quantitative estimate of drug-likeness (QED) is 0.614. The van der Waals surface area contributed by atoms with Gasteiger partial charge in [0.05, 0.1) is 6.54 Å². The number of rotatable bonds is 7. The Bertz CT molecular complexity index is 810. The van der Waals surface area contributed by atoms with Crippen LogP contribution in [0.3, 0.4) is 0 Å². The Morgan fingerprint density at radius 2 is 2.00 bits per heavy atom. The normalized spacial score (nSPS) is 16.2. The molecule has 0 aliphatic carbocycles. The molecule has 2 aromatic heterocycles. The molecule has 6 heteroatoms. The van der Waals surface area contributed by atoms with Gasteiger partial charge in [-0.05, 0) is 55.9 Å². The van der Waals surface area contributed by atoms with Crippen molar-refractivity contribution in [1.82, 2.24) is 19.9 Å². The Labute approximate surface area is 164 Å². The second-order valence-corrected chi connectivity index (χ2v) is 8.21. The van der Waals surface area contributed by atoms with Crippen LogP contribution in [-0.4, -0.2) is 46.6 Å². The van der Waals surface area contributed by atoms with Gasteiger partial charge < -0.3 is 9.42 Å². The number of aromatic nitrogens is 2. The van der Waals surface area contributed by atoms with Crippen molar-refractivity contribution >= 4 is 11.3 Å². The first-order chi connectivity index (χ1) is 13.3. The van der Waals surface area contributed by atoms with Gasteiger partial charge in [0.25, 0.3) is 0 Å². The predicted molar refractivity (Wildman–Crippen MR) is 108 cm³/mol. The highest BCUT2D eigenvalue weighted by molar-refractivity contribution is 7.08. The molecule has 0 amide bonds. The van der Waals surface area contributed by atoms with Crippen LogP contribution in [0.15, 0.2) is 51.7 Å². The maximum atomic E-state index is 5.44. The lowest BCUT2D eigenvalue weighted by atomic mass is 9.96. The fourth-order valence-electron chi connectivity index (χ4n) is 3.75. The molecule has 1 saturated heterocycles. The highest BCUT2D eigenvalue weighted by Gasteiger charge is 2.22. The average molecular weight is 383 g/mol. The van der Waals surface area contributed by atoms with E-state index in [1.807, 2.05) is 16.8 Å². The van der Waals surface area contributed by atoms with E-state index in [-0.39, 0.29) is 0 Å². The zero-order chi connectivity index (χ0) is 18.5. The Balaban J connectivity index is 1.22. The van der Waals surface area contributed by atoms with Gasteiger partial charge in [0.1, 0.15) is 0 Å². The van der Waals surface area contributed by atoms with Gasteiger partial charge in [-0.2, -0.15) is 16.3 Å². The molecular weight excluding hydrogens is 356 g/mol. The molecule has 27 heavy (non-hydrogen) atoms. The van der Waals surface area contributed by atoms with Gasteiger partial charge in [-0.1, -0.05) is 35.5 Å². The summed E-state index contributed by atoms with van der Waals surface area (Å²) in [5.41, 5.74) is 2.42. The fourth-order valence-corrected chi connectivity index (χ4v) is 4.38. The molecule has 3 heterocycles. The van der Waals surface area contributed by atoms with Crippen molar-refractivity contribution in [2.45, 2.75) is 25.9 Å². The van der Waals surface area contributed by atoms with Crippen molar-refractivity contribution in [2.24, 2.45) is 5.92 Å². The van der Waals surface area contributed by atoms with Gasteiger partial charge in [-0.25, -0.2) is 0 Å². The summed E-state index contributed by atoms with van der Waals surface area (Å²) in [7, 11) is 2.23. The maximum absolute atomic E-state index is 5.44. The van der Waals surface area contributed by atoms with Crippen LogP contribution >= 0.6 is 11.3 Å². The molecule has 0 spiro atoms. The predicted octanol–water partition coefficient (Wildman–Crippen LogP) is 4.14. The molecule has 1 aliphatic heterocycles. The second kappa shape index (κ2) is 8.78. The van der Waals surface area contributed by atoms with Crippen molar-refractivity contribution in [3.63, 3.8) is 0 Å². The highest BCUT2D eigenvalue weighted by Crippen LogP contribution is 2.22. The van der Waals surface area contributed by atoms with Gasteiger partial charge in [-0.3, -0.25) is 4.90 Å². The summed E-state index contributed by atoms with van der Waals surface area (Å²) in [6, 6.07) is 12.7. The average Bonchev–Trinajstić information content (AvgIpc) is 3.36. The summed E-state index contributed by atoms with van der Waals surface area (Å²) < 4.78 is 5.44. The number of piperidine rings is 1. The fraction of sp³-hybridized carbons (Fsp3) is 0.429. The van der Waals surface area contributed by atoms with Crippen molar-refractivity contribution in [1.29, 1.82) is 0 Å². The van der Waals surface area contributed by atoms with Crippen LogP contribution in [0.4, 0.5) is 0 Å². The smallest absolute Gasteiger partial charge is 0.241 e. The van der Waals surface area contributed by atoms with Crippen molar-refractivity contribution < 1.29 is 4.52 Å². The molecule has 0 radical (unpaired) electrons. The minimum absolute atomic E-state index is 0.698. The zero-order valence-corrected chi connectivity index (χ0v) is 16.6. The van der Waals surface area contributed by atoms with Gasteiger partial charge in [0, 0.05) is 24.0 Å². The molecule has 1 aromatic carbocycles. The Morgan fingerprint density at radius 1 is 1.19 bits per heavy atom. The van der Waals surface area contributed by atoms with E-state index >= 15 is 0 Å².